The Morgan fingerprint density at radius 2 is 1.85 bits per heavy atom. The zero-order chi connectivity index (χ0) is 20.0. The van der Waals surface area contributed by atoms with E-state index in [1.807, 2.05) is 0 Å². The number of methoxy groups -OCH3 is 3. The van der Waals surface area contributed by atoms with E-state index < -0.39 is 21.8 Å². The summed E-state index contributed by atoms with van der Waals surface area (Å²) in [4.78, 5) is 25.8. The minimum atomic E-state index is -3.16. The summed E-state index contributed by atoms with van der Waals surface area (Å²) < 4.78 is 38.7. The summed E-state index contributed by atoms with van der Waals surface area (Å²) in [6.45, 7) is 0.124. The van der Waals surface area contributed by atoms with Crippen LogP contribution < -0.4 is 9.47 Å². The number of carbonyl (C=O) groups excluding carboxylic acids is 2. The molecule has 1 unspecified atom stereocenters. The molecule has 1 fully saturated rings. The molecule has 0 bridgehead atoms. The van der Waals surface area contributed by atoms with Gasteiger partial charge in [0.15, 0.2) is 21.3 Å². The maximum absolute atomic E-state index is 12.9. The molecule has 150 valence electrons. The third kappa shape index (κ3) is 5.59. The number of benzene rings is 1. The first-order valence-electron chi connectivity index (χ1n) is 8.57. The molecule has 1 aliphatic rings. The molecule has 0 aromatic heterocycles. The van der Waals surface area contributed by atoms with E-state index in [0.717, 1.165) is 0 Å². The van der Waals surface area contributed by atoms with Crippen LogP contribution in [0.1, 0.15) is 18.4 Å². The van der Waals surface area contributed by atoms with Crippen LogP contribution in [0.5, 0.6) is 11.5 Å². The molecular weight excluding hydrogens is 374 g/mol. The Bertz CT molecular complexity index is 791. The van der Waals surface area contributed by atoms with E-state index in [4.69, 9.17) is 9.47 Å². The van der Waals surface area contributed by atoms with Crippen LogP contribution in [0.4, 0.5) is 0 Å². The molecular formula is C18H25NO7S. The summed E-state index contributed by atoms with van der Waals surface area (Å²) in [5, 5.41) is 0. The number of hydrogen-bond donors (Lipinski definition) is 0. The zero-order valence-electron chi connectivity index (χ0n) is 15.8. The topological polar surface area (TPSA) is 99.2 Å². The minimum absolute atomic E-state index is 0.0186. The lowest BCUT2D eigenvalue weighted by atomic mass is 10.1. The number of hydrogen-bond acceptors (Lipinski definition) is 7. The number of amides is 1. The number of sulfone groups is 1. The molecule has 1 aromatic rings. The lowest BCUT2D eigenvalue weighted by molar-refractivity contribution is -0.142. The number of esters is 1. The van der Waals surface area contributed by atoms with Crippen LogP contribution in [0, 0.1) is 0 Å². The first-order valence-corrected chi connectivity index (χ1v) is 10.4. The maximum atomic E-state index is 12.9. The normalized spacial score (nSPS) is 18.0. The molecule has 0 spiro atoms. The van der Waals surface area contributed by atoms with Gasteiger partial charge in [0.1, 0.15) is 0 Å². The third-order valence-electron chi connectivity index (χ3n) is 4.56. The van der Waals surface area contributed by atoms with Crippen molar-refractivity contribution in [1.29, 1.82) is 0 Å². The van der Waals surface area contributed by atoms with Gasteiger partial charge >= 0.3 is 5.97 Å². The fourth-order valence-electron chi connectivity index (χ4n) is 3.11. The summed E-state index contributed by atoms with van der Waals surface area (Å²) in [7, 11) is 1.15. The van der Waals surface area contributed by atoms with Crippen molar-refractivity contribution in [1.82, 2.24) is 4.90 Å². The van der Waals surface area contributed by atoms with Gasteiger partial charge in [0.2, 0.25) is 5.91 Å². The Kier molecular flexibility index (Phi) is 7.06. The van der Waals surface area contributed by atoms with Crippen molar-refractivity contribution in [3.8, 4) is 11.5 Å². The predicted octanol–water partition coefficient (Wildman–Crippen LogP) is 0.825. The van der Waals surface area contributed by atoms with Gasteiger partial charge in [0.05, 0.1) is 45.7 Å². The second kappa shape index (κ2) is 9.07. The van der Waals surface area contributed by atoms with Crippen molar-refractivity contribution >= 4 is 21.7 Å². The summed E-state index contributed by atoms with van der Waals surface area (Å²) in [5.74, 6) is 0.348. The van der Waals surface area contributed by atoms with Crippen molar-refractivity contribution in [2.45, 2.75) is 25.3 Å². The highest BCUT2D eigenvalue weighted by atomic mass is 32.2. The number of carbonyl (C=O) groups is 2. The highest BCUT2D eigenvalue weighted by molar-refractivity contribution is 7.91. The van der Waals surface area contributed by atoms with Gasteiger partial charge in [-0.25, -0.2) is 8.42 Å². The van der Waals surface area contributed by atoms with Crippen molar-refractivity contribution < 1.29 is 32.2 Å². The van der Waals surface area contributed by atoms with E-state index in [2.05, 4.69) is 4.74 Å². The standard InChI is InChI=1S/C18H25NO7S/c1-24-15-5-4-13(10-16(15)25-2)11-17(20)19(8-6-18(21)26-3)14-7-9-27(22,23)12-14/h4-5,10,14H,6-9,11-12H2,1-3H3. The second-order valence-corrected chi connectivity index (χ2v) is 8.56. The van der Waals surface area contributed by atoms with Gasteiger partial charge in [-0.05, 0) is 24.1 Å². The Hall–Kier alpha value is -2.29. The SMILES string of the molecule is COC(=O)CCN(C(=O)Cc1ccc(OC)c(OC)c1)C1CCS(=O)(=O)C1. The van der Waals surface area contributed by atoms with Crippen molar-refractivity contribution in [2.24, 2.45) is 0 Å². The van der Waals surface area contributed by atoms with Crippen LogP contribution in [0.2, 0.25) is 0 Å². The Morgan fingerprint density at radius 1 is 1.15 bits per heavy atom. The molecule has 1 aromatic carbocycles. The van der Waals surface area contributed by atoms with Gasteiger partial charge in [-0.3, -0.25) is 9.59 Å². The summed E-state index contributed by atoms with van der Waals surface area (Å²) in [6, 6.07) is 4.75. The van der Waals surface area contributed by atoms with Crippen LogP contribution >= 0.6 is 0 Å². The summed E-state index contributed by atoms with van der Waals surface area (Å²) in [6.07, 6.45) is 0.462. The van der Waals surface area contributed by atoms with Crippen LogP contribution in [-0.2, 0) is 30.6 Å². The van der Waals surface area contributed by atoms with Crippen LogP contribution in [0.15, 0.2) is 18.2 Å². The number of rotatable bonds is 8. The van der Waals surface area contributed by atoms with Gasteiger partial charge in [0.25, 0.3) is 0 Å². The molecule has 8 nitrogen and oxygen atoms in total. The van der Waals surface area contributed by atoms with Crippen molar-refractivity contribution in [2.75, 3.05) is 39.4 Å². The molecule has 1 heterocycles. The molecule has 1 atom stereocenters. The summed E-state index contributed by atoms with van der Waals surface area (Å²) >= 11 is 0. The lowest BCUT2D eigenvalue weighted by Crippen LogP contribution is -2.43. The van der Waals surface area contributed by atoms with E-state index in [-0.39, 0.29) is 36.8 Å². The quantitative estimate of drug-likeness (QED) is 0.597. The predicted molar refractivity (Wildman–Crippen MR) is 98.7 cm³/mol. The molecule has 27 heavy (non-hydrogen) atoms. The molecule has 9 heteroatoms. The van der Waals surface area contributed by atoms with Gasteiger partial charge in [0, 0.05) is 12.6 Å². The van der Waals surface area contributed by atoms with Crippen molar-refractivity contribution in [3.05, 3.63) is 23.8 Å². The van der Waals surface area contributed by atoms with E-state index in [1.54, 1.807) is 18.2 Å². The molecule has 0 aliphatic carbocycles. The van der Waals surface area contributed by atoms with E-state index in [0.29, 0.717) is 23.5 Å². The Morgan fingerprint density at radius 3 is 2.41 bits per heavy atom. The lowest BCUT2D eigenvalue weighted by Gasteiger charge is -2.28. The second-order valence-electron chi connectivity index (χ2n) is 6.34. The highest BCUT2D eigenvalue weighted by Gasteiger charge is 2.34. The zero-order valence-corrected chi connectivity index (χ0v) is 16.6. The van der Waals surface area contributed by atoms with Crippen LogP contribution in [0.3, 0.4) is 0 Å². The maximum Gasteiger partial charge on any atom is 0.307 e. The number of nitrogens with zero attached hydrogens (tertiary/aromatic N) is 1. The average Bonchev–Trinajstić information content (AvgIpc) is 3.00. The molecule has 0 N–H and O–H groups in total. The van der Waals surface area contributed by atoms with E-state index in [1.165, 1.54) is 26.2 Å². The van der Waals surface area contributed by atoms with E-state index in [9.17, 15) is 18.0 Å². The van der Waals surface area contributed by atoms with Gasteiger partial charge in [-0.15, -0.1) is 0 Å². The first kappa shape index (κ1) is 21.0. The molecule has 0 saturated carbocycles. The van der Waals surface area contributed by atoms with Gasteiger partial charge < -0.3 is 19.1 Å². The molecule has 2 rings (SSSR count). The Labute approximate surface area is 159 Å². The molecule has 1 saturated heterocycles. The fourth-order valence-corrected chi connectivity index (χ4v) is 4.84. The highest BCUT2D eigenvalue weighted by Crippen LogP contribution is 2.28. The van der Waals surface area contributed by atoms with Crippen LogP contribution in [-0.4, -0.2) is 70.6 Å². The fraction of sp³-hybridized carbons (Fsp3) is 0.556. The molecule has 0 radical (unpaired) electrons. The average molecular weight is 399 g/mol. The molecule has 1 amide bonds. The van der Waals surface area contributed by atoms with Crippen molar-refractivity contribution in [3.63, 3.8) is 0 Å². The third-order valence-corrected chi connectivity index (χ3v) is 6.31. The van der Waals surface area contributed by atoms with Gasteiger partial charge in [-0.2, -0.15) is 0 Å². The monoisotopic (exact) mass is 399 g/mol. The largest absolute Gasteiger partial charge is 0.493 e. The van der Waals surface area contributed by atoms with Crippen LogP contribution in [0.25, 0.3) is 0 Å². The number of ether oxygens (including phenoxy) is 3. The Balaban J connectivity index is 2.16. The minimum Gasteiger partial charge on any atom is -0.493 e. The van der Waals surface area contributed by atoms with Gasteiger partial charge in [-0.1, -0.05) is 6.07 Å². The molecule has 1 aliphatic heterocycles. The summed E-state index contributed by atoms with van der Waals surface area (Å²) in [5.41, 5.74) is 0.710. The van der Waals surface area contributed by atoms with E-state index >= 15 is 0 Å². The first-order chi connectivity index (χ1) is 12.8. The smallest absolute Gasteiger partial charge is 0.307 e.